The number of nitrogens with one attached hydrogen (secondary N) is 1. The third kappa shape index (κ3) is 4.31. The van der Waals surface area contributed by atoms with Crippen LogP contribution in [0.25, 0.3) is 0 Å². The third-order valence-corrected chi connectivity index (χ3v) is 5.26. The Morgan fingerprint density at radius 3 is 2.67 bits per heavy atom. The zero-order valence-corrected chi connectivity index (χ0v) is 13.2. The fourth-order valence-corrected chi connectivity index (χ4v) is 4.07. The van der Waals surface area contributed by atoms with Crippen molar-refractivity contribution in [1.29, 1.82) is 0 Å². The molecule has 4 nitrogen and oxygen atoms in total. The topological polar surface area (TPSA) is 72.2 Å². The Hall–Kier alpha value is -1.35. The molecule has 0 aliphatic heterocycles. The zero-order chi connectivity index (χ0) is 15.3. The molecule has 3 N–H and O–H groups in total. The number of nitrogens with two attached hydrogens (primary N) is 1. The fraction of sp³-hybridized carbons (Fsp3) is 0.500. The maximum Gasteiger partial charge on any atom is 0.242 e. The lowest BCUT2D eigenvalue weighted by Gasteiger charge is -2.23. The van der Waals surface area contributed by atoms with Gasteiger partial charge in [0.25, 0.3) is 0 Å². The van der Waals surface area contributed by atoms with E-state index in [1.807, 2.05) is 6.92 Å². The smallest absolute Gasteiger partial charge is 0.242 e. The van der Waals surface area contributed by atoms with Crippen LogP contribution in [0.5, 0.6) is 0 Å². The molecule has 0 bridgehead atoms. The maximum atomic E-state index is 12.6. The van der Waals surface area contributed by atoms with E-state index in [9.17, 15) is 8.42 Å². The molecule has 1 fully saturated rings. The molecule has 21 heavy (non-hydrogen) atoms. The molecule has 0 amide bonds. The molecular formula is C16H22N2O2S. The van der Waals surface area contributed by atoms with E-state index in [2.05, 4.69) is 16.6 Å². The predicted molar refractivity (Wildman–Crippen MR) is 84.3 cm³/mol. The first-order chi connectivity index (χ1) is 10.0. The summed E-state index contributed by atoms with van der Waals surface area (Å²) in [5, 5.41) is 0. The van der Waals surface area contributed by atoms with Crippen molar-refractivity contribution in [2.24, 2.45) is 5.73 Å². The second-order valence-electron chi connectivity index (χ2n) is 5.46. The first-order valence-corrected chi connectivity index (χ1v) is 8.83. The minimum absolute atomic E-state index is 0.0420. The van der Waals surface area contributed by atoms with Gasteiger partial charge in [0.2, 0.25) is 10.0 Å². The van der Waals surface area contributed by atoms with E-state index in [0.717, 1.165) is 31.2 Å². The molecule has 1 saturated carbocycles. The van der Waals surface area contributed by atoms with E-state index < -0.39 is 10.0 Å². The van der Waals surface area contributed by atoms with Crippen molar-refractivity contribution in [3.05, 3.63) is 29.3 Å². The van der Waals surface area contributed by atoms with Gasteiger partial charge < -0.3 is 5.73 Å². The van der Waals surface area contributed by atoms with Crippen LogP contribution in [-0.2, 0) is 10.0 Å². The molecule has 114 valence electrons. The molecule has 0 heterocycles. The van der Waals surface area contributed by atoms with Crippen molar-refractivity contribution in [1.82, 2.24) is 4.72 Å². The molecule has 1 aromatic carbocycles. The largest absolute Gasteiger partial charge is 0.320 e. The molecular weight excluding hydrogens is 284 g/mol. The summed E-state index contributed by atoms with van der Waals surface area (Å²) >= 11 is 0. The molecule has 1 aliphatic rings. The van der Waals surface area contributed by atoms with Crippen molar-refractivity contribution in [2.45, 2.75) is 50.0 Å². The Kier molecular flexibility index (Phi) is 5.40. The minimum atomic E-state index is -3.53. The number of rotatable bonds is 3. The molecule has 0 saturated heterocycles. The highest BCUT2D eigenvalue weighted by molar-refractivity contribution is 7.89. The lowest BCUT2D eigenvalue weighted by Crippen LogP contribution is -2.36. The van der Waals surface area contributed by atoms with Crippen LogP contribution >= 0.6 is 0 Å². The van der Waals surface area contributed by atoms with E-state index in [4.69, 9.17) is 5.73 Å². The summed E-state index contributed by atoms with van der Waals surface area (Å²) in [5.74, 6) is 5.60. The van der Waals surface area contributed by atoms with Crippen molar-refractivity contribution < 1.29 is 8.42 Å². The summed E-state index contributed by atoms with van der Waals surface area (Å²) in [7, 11) is -3.53. The van der Waals surface area contributed by atoms with Gasteiger partial charge in [0, 0.05) is 11.6 Å². The van der Waals surface area contributed by atoms with Gasteiger partial charge in [-0.3, -0.25) is 0 Å². The second kappa shape index (κ2) is 7.08. The van der Waals surface area contributed by atoms with Gasteiger partial charge in [-0.05, 0) is 37.5 Å². The quantitative estimate of drug-likeness (QED) is 0.838. The minimum Gasteiger partial charge on any atom is -0.320 e. The summed E-state index contributed by atoms with van der Waals surface area (Å²) in [6.45, 7) is 2.13. The highest BCUT2D eigenvalue weighted by atomic mass is 32.2. The lowest BCUT2D eigenvalue weighted by atomic mass is 9.96. The van der Waals surface area contributed by atoms with Crippen molar-refractivity contribution >= 4 is 10.0 Å². The van der Waals surface area contributed by atoms with Crippen LogP contribution in [0.1, 0.15) is 43.2 Å². The van der Waals surface area contributed by atoms with Gasteiger partial charge in [0.15, 0.2) is 0 Å². The third-order valence-electron chi connectivity index (χ3n) is 3.68. The molecule has 0 radical (unpaired) electrons. The fourth-order valence-electron chi connectivity index (χ4n) is 2.63. The summed E-state index contributed by atoms with van der Waals surface area (Å²) < 4.78 is 28.0. The monoisotopic (exact) mass is 306 g/mol. The molecule has 0 unspecified atom stereocenters. The van der Waals surface area contributed by atoms with E-state index in [1.54, 1.807) is 18.2 Å². The number of aryl methyl sites for hydroxylation is 1. The predicted octanol–water partition coefficient (Wildman–Crippen LogP) is 1.92. The van der Waals surface area contributed by atoms with Crippen molar-refractivity contribution in [3.8, 4) is 11.8 Å². The van der Waals surface area contributed by atoms with Crippen LogP contribution in [0.4, 0.5) is 0 Å². The van der Waals surface area contributed by atoms with E-state index in [0.29, 0.717) is 5.56 Å². The second-order valence-corrected chi connectivity index (χ2v) is 7.14. The Bertz CT molecular complexity index is 651. The van der Waals surface area contributed by atoms with E-state index >= 15 is 0 Å². The number of hydrogen-bond donors (Lipinski definition) is 2. The van der Waals surface area contributed by atoms with Gasteiger partial charge in [-0.15, -0.1) is 0 Å². The number of benzene rings is 1. The average molecular weight is 306 g/mol. The zero-order valence-electron chi connectivity index (χ0n) is 12.4. The van der Waals surface area contributed by atoms with Crippen LogP contribution in [0, 0.1) is 18.8 Å². The summed E-state index contributed by atoms with van der Waals surface area (Å²) in [6.07, 6.45) is 5.18. The lowest BCUT2D eigenvalue weighted by molar-refractivity contribution is 0.412. The average Bonchev–Trinajstić information content (AvgIpc) is 2.45. The first kappa shape index (κ1) is 16.0. The molecule has 0 spiro atoms. The van der Waals surface area contributed by atoms with Gasteiger partial charge in [-0.1, -0.05) is 37.2 Å². The molecule has 1 aliphatic carbocycles. The molecule has 0 aromatic heterocycles. The van der Waals surface area contributed by atoms with Crippen LogP contribution in [-0.4, -0.2) is 21.0 Å². The Morgan fingerprint density at radius 1 is 1.29 bits per heavy atom. The van der Waals surface area contributed by atoms with Gasteiger partial charge in [0.05, 0.1) is 11.4 Å². The Labute approximate surface area is 127 Å². The van der Waals surface area contributed by atoms with Gasteiger partial charge in [-0.25, -0.2) is 13.1 Å². The van der Waals surface area contributed by atoms with Crippen LogP contribution in [0.15, 0.2) is 23.1 Å². The number of sulfonamides is 1. The maximum absolute atomic E-state index is 12.6. The van der Waals surface area contributed by atoms with Crippen LogP contribution < -0.4 is 10.5 Å². The summed E-state index contributed by atoms with van der Waals surface area (Å²) in [4.78, 5) is 0.250. The van der Waals surface area contributed by atoms with Gasteiger partial charge in [-0.2, -0.15) is 0 Å². The van der Waals surface area contributed by atoms with E-state index in [1.165, 1.54) is 6.42 Å². The molecule has 0 atom stereocenters. The molecule has 2 rings (SSSR count). The van der Waals surface area contributed by atoms with Crippen molar-refractivity contribution in [2.75, 3.05) is 6.54 Å². The first-order valence-electron chi connectivity index (χ1n) is 7.35. The highest BCUT2D eigenvalue weighted by Gasteiger charge is 2.23. The van der Waals surface area contributed by atoms with Gasteiger partial charge in [0.1, 0.15) is 0 Å². The van der Waals surface area contributed by atoms with Gasteiger partial charge >= 0.3 is 0 Å². The summed E-state index contributed by atoms with van der Waals surface area (Å²) in [6, 6.07) is 5.25. The standard InChI is InChI=1S/C16H22N2O2S/c1-13-9-10-16(14(12-13)6-5-11-17)21(19,20)18-15-7-3-2-4-8-15/h9-10,12,15,18H,2-4,7-8,11,17H2,1H3. The molecule has 5 heteroatoms. The summed E-state index contributed by atoms with van der Waals surface area (Å²) in [5.41, 5.74) is 6.88. The normalized spacial score (nSPS) is 16.3. The Morgan fingerprint density at radius 2 is 2.00 bits per heavy atom. The highest BCUT2D eigenvalue weighted by Crippen LogP contribution is 2.22. The number of hydrogen-bond acceptors (Lipinski definition) is 3. The van der Waals surface area contributed by atoms with Crippen LogP contribution in [0.2, 0.25) is 0 Å². The Balaban J connectivity index is 2.30. The molecule has 1 aromatic rings. The van der Waals surface area contributed by atoms with Crippen LogP contribution in [0.3, 0.4) is 0 Å². The van der Waals surface area contributed by atoms with E-state index in [-0.39, 0.29) is 17.5 Å². The van der Waals surface area contributed by atoms with Crippen molar-refractivity contribution in [3.63, 3.8) is 0 Å². The SMILES string of the molecule is Cc1ccc(S(=O)(=O)NC2CCCCC2)c(C#CCN)c1.